The van der Waals surface area contributed by atoms with E-state index in [0.29, 0.717) is 25.7 Å². The van der Waals surface area contributed by atoms with E-state index in [0.717, 1.165) is 64.6 Å². The van der Waals surface area contributed by atoms with Crippen LogP contribution in [0.2, 0.25) is 0 Å². The zero-order chi connectivity index (χ0) is 20.8. The first-order chi connectivity index (χ1) is 14.0. The van der Waals surface area contributed by atoms with Crippen molar-refractivity contribution in [1.82, 2.24) is 20.0 Å². The molecule has 0 aromatic heterocycles. The van der Waals surface area contributed by atoms with Crippen molar-refractivity contribution in [3.8, 4) is 0 Å². The van der Waals surface area contributed by atoms with Gasteiger partial charge in [0.2, 0.25) is 5.91 Å². The summed E-state index contributed by atoms with van der Waals surface area (Å²) in [5.74, 6) is 0.0136. The Balaban J connectivity index is 1.45. The molecule has 0 bridgehead atoms. The number of aliphatic hydroxyl groups excluding tert-OH is 1. The van der Waals surface area contributed by atoms with Gasteiger partial charge in [-0.2, -0.15) is 0 Å². The molecular formula is C22H40N4O3. The number of carbonyl (C=O) groups excluding carboxylic acids is 2. The molecule has 3 fully saturated rings. The molecule has 2 heterocycles. The third kappa shape index (κ3) is 5.63. The molecule has 2 N–H and O–H groups in total. The second-order valence-corrected chi connectivity index (χ2v) is 8.98. The Morgan fingerprint density at radius 2 is 1.66 bits per heavy atom. The van der Waals surface area contributed by atoms with Crippen molar-refractivity contribution in [1.29, 1.82) is 0 Å². The second-order valence-electron chi connectivity index (χ2n) is 8.98. The van der Waals surface area contributed by atoms with Gasteiger partial charge in [0.25, 0.3) is 0 Å². The Morgan fingerprint density at radius 1 is 0.966 bits per heavy atom. The summed E-state index contributed by atoms with van der Waals surface area (Å²) < 4.78 is 0. The summed E-state index contributed by atoms with van der Waals surface area (Å²) in [6.45, 7) is 8.58. The van der Waals surface area contributed by atoms with Gasteiger partial charge in [0, 0.05) is 51.4 Å². The molecule has 3 rings (SSSR count). The smallest absolute Gasteiger partial charge is 0.320 e. The van der Waals surface area contributed by atoms with Gasteiger partial charge in [-0.1, -0.05) is 12.8 Å². The quantitative estimate of drug-likeness (QED) is 0.730. The van der Waals surface area contributed by atoms with Crippen LogP contribution >= 0.6 is 0 Å². The highest BCUT2D eigenvalue weighted by molar-refractivity contribution is 5.81. The lowest BCUT2D eigenvalue weighted by atomic mass is 9.89. The highest BCUT2D eigenvalue weighted by atomic mass is 16.3. The van der Waals surface area contributed by atoms with E-state index in [9.17, 15) is 14.7 Å². The molecule has 0 aromatic rings. The van der Waals surface area contributed by atoms with Gasteiger partial charge in [0.1, 0.15) is 0 Å². The van der Waals surface area contributed by atoms with Crippen molar-refractivity contribution < 1.29 is 14.7 Å². The first-order valence-electron chi connectivity index (χ1n) is 11.8. The predicted octanol–water partition coefficient (Wildman–Crippen LogP) is 2.04. The third-order valence-corrected chi connectivity index (χ3v) is 7.14. The Labute approximate surface area is 175 Å². The molecule has 166 valence electrons. The molecule has 7 nitrogen and oxygen atoms in total. The van der Waals surface area contributed by atoms with Crippen molar-refractivity contribution in [2.45, 2.75) is 83.4 Å². The minimum absolute atomic E-state index is 0.0619. The number of nitrogens with zero attached hydrogens (tertiary/aromatic N) is 3. The van der Waals surface area contributed by atoms with E-state index in [1.165, 1.54) is 6.42 Å². The minimum atomic E-state index is -0.188. The molecule has 0 radical (unpaired) electrons. The molecule has 2 saturated heterocycles. The fourth-order valence-electron chi connectivity index (χ4n) is 5.27. The lowest BCUT2D eigenvalue weighted by Gasteiger charge is -2.42. The summed E-state index contributed by atoms with van der Waals surface area (Å²) in [6, 6.07) is 0.582. The summed E-state index contributed by atoms with van der Waals surface area (Å²) in [5, 5.41) is 13.6. The molecule has 3 atom stereocenters. The molecule has 0 spiro atoms. The number of aliphatic hydroxyl groups is 1. The Kier molecular flexibility index (Phi) is 8.18. The van der Waals surface area contributed by atoms with Crippen LogP contribution in [0, 0.1) is 5.92 Å². The van der Waals surface area contributed by atoms with Gasteiger partial charge in [0.15, 0.2) is 0 Å². The molecular weight excluding hydrogens is 368 g/mol. The van der Waals surface area contributed by atoms with Gasteiger partial charge >= 0.3 is 6.03 Å². The van der Waals surface area contributed by atoms with E-state index >= 15 is 0 Å². The zero-order valence-corrected chi connectivity index (χ0v) is 18.3. The van der Waals surface area contributed by atoms with E-state index in [1.54, 1.807) is 0 Å². The molecule has 7 heteroatoms. The summed E-state index contributed by atoms with van der Waals surface area (Å²) in [7, 11) is 0. The molecule has 1 saturated carbocycles. The summed E-state index contributed by atoms with van der Waals surface area (Å²) in [6.07, 6.45) is 7.83. The SMILES string of the molecule is CCN(CC)C(=O)N1CCC[C@H](C(=O)NC2CCN([C@@H]3CCCC[C@H]3O)CC2)C1. The second kappa shape index (κ2) is 10.6. The van der Waals surface area contributed by atoms with Crippen LogP contribution < -0.4 is 5.32 Å². The van der Waals surface area contributed by atoms with Crippen LogP contribution in [0.3, 0.4) is 0 Å². The molecule has 0 aromatic carbocycles. The minimum Gasteiger partial charge on any atom is -0.391 e. The van der Waals surface area contributed by atoms with Crippen molar-refractivity contribution >= 4 is 11.9 Å². The Bertz CT molecular complexity index is 546. The van der Waals surface area contributed by atoms with Gasteiger partial charge in [-0.05, 0) is 52.4 Å². The highest BCUT2D eigenvalue weighted by Crippen LogP contribution is 2.26. The van der Waals surface area contributed by atoms with Crippen LogP contribution in [0.5, 0.6) is 0 Å². The largest absolute Gasteiger partial charge is 0.391 e. The monoisotopic (exact) mass is 408 g/mol. The standard InChI is InChI=1S/C22H40N4O3/c1-3-24(4-2)22(29)26-13-7-8-17(16-26)21(28)23-18-11-14-25(15-12-18)19-9-5-6-10-20(19)27/h17-20,27H,3-16H2,1-2H3,(H,23,28)/t17-,19+,20+/m0/s1. The van der Waals surface area contributed by atoms with Crippen LogP contribution in [0.1, 0.15) is 65.2 Å². The van der Waals surface area contributed by atoms with Crippen molar-refractivity contribution in [3.63, 3.8) is 0 Å². The predicted molar refractivity (Wildman–Crippen MR) is 114 cm³/mol. The van der Waals surface area contributed by atoms with Crippen molar-refractivity contribution in [2.75, 3.05) is 39.3 Å². The first kappa shape index (κ1) is 22.3. The molecule has 2 aliphatic heterocycles. The van der Waals surface area contributed by atoms with Crippen LogP contribution in [0.4, 0.5) is 4.79 Å². The number of hydrogen-bond donors (Lipinski definition) is 2. The summed E-state index contributed by atoms with van der Waals surface area (Å²) in [4.78, 5) is 31.6. The molecule has 1 aliphatic carbocycles. The van der Waals surface area contributed by atoms with Crippen LogP contribution in [-0.2, 0) is 4.79 Å². The summed E-state index contributed by atoms with van der Waals surface area (Å²) >= 11 is 0. The fourth-order valence-corrected chi connectivity index (χ4v) is 5.27. The number of amides is 3. The van der Waals surface area contributed by atoms with Gasteiger partial charge < -0.3 is 20.2 Å². The lowest BCUT2D eigenvalue weighted by Crippen LogP contribution is -2.54. The number of carbonyl (C=O) groups is 2. The third-order valence-electron chi connectivity index (χ3n) is 7.14. The fraction of sp³-hybridized carbons (Fsp3) is 0.909. The average molecular weight is 409 g/mol. The number of piperidine rings is 2. The number of nitrogens with one attached hydrogen (secondary N) is 1. The molecule has 0 unspecified atom stereocenters. The Hall–Kier alpha value is -1.34. The zero-order valence-electron chi connectivity index (χ0n) is 18.3. The maximum absolute atomic E-state index is 12.9. The van der Waals surface area contributed by atoms with Gasteiger partial charge in [-0.3, -0.25) is 9.69 Å². The van der Waals surface area contributed by atoms with Crippen LogP contribution in [0.15, 0.2) is 0 Å². The van der Waals surface area contributed by atoms with Gasteiger partial charge in [0.05, 0.1) is 12.0 Å². The highest BCUT2D eigenvalue weighted by Gasteiger charge is 2.34. The topological polar surface area (TPSA) is 76.1 Å². The van der Waals surface area contributed by atoms with E-state index in [4.69, 9.17) is 0 Å². The van der Waals surface area contributed by atoms with E-state index in [1.807, 2.05) is 23.6 Å². The number of rotatable bonds is 5. The normalized spacial score (nSPS) is 29.5. The van der Waals surface area contributed by atoms with E-state index in [-0.39, 0.29) is 30.0 Å². The number of hydrogen-bond acceptors (Lipinski definition) is 4. The number of likely N-dealkylation sites (tertiary alicyclic amines) is 2. The van der Waals surface area contributed by atoms with Crippen molar-refractivity contribution in [2.24, 2.45) is 5.92 Å². The maximum Gasteiger partial charge on any atom is 0.320 e. The first-order valence-corrected chi connectivity index (χ1v) is 11.8. The van der Waals surface area contributed by atoms with Crippen LogP contribution in [0.25, 0.3) is 0 Å². The van der Waals surface area contributed by atoms with Crippen molar-refractivity contribution in [3.05, 3.63) is 0 Å². The van der Waals surface area contributed by atoms with Crippen LogP contribution in [-0.4, -0.2) is 89.2 Å². The number of urea groups is 1. The van der Waals surface area contributed by atoms with E-state index < -0.39 is 0 Å². The summed E-state index contributed by atoms with van der Waals surface area (Å²) in [5.41, 5.74) is 0. The maximum atomic E-state index is 12.9. The lowest BCUT2D eigenvalue weighted by molar-refractivity contribution is -0.127. The average Bonchev–Trinajstić information content (AvgIpc) is 2.75. The molecule has 29 heavy (non-hydrogen) atoms. The van der Waals surface area contributed by atoms with Gasteiger partial charge in [-0.15, -0.1) is 0 Å². The van der Waals surface area contributed by atoms with E-state index in [2.05, 4.69) is 10.2 Å². The van der Waals surface area contributed by atoms with Gasteiger partial charge in [-0.25, -0.2) is 4.79 Å². The molecule has 3 aliphatic rings. The Morgan fingerprint density at radius 3 is 2.31 bits per heavy atom. The molecule has 3 amide bonds.